The quantitative estimate of drug-likeness (QED) is 0.677. The van der Waals surface area contributed by atoms with E-state index < -0.39 is 5.60 Å². The molecule has 0 atom stereocenters. The molecule has 0 amide bonds. The molecule has 0 aliphatic heterocycles. The third kappa shape index (κ3) is 2.89. The largest absolute Gasteiger partial charge is 0.390 e. The fourth-order valence-electron chi connectivity index (χ4n) is 0.703. The Balaban J connectivity index is 2.66. The van der Waals surface area contributed by atoms with Gasteiger partial charge < -0.3 is 5.11 Å². The second-order valence-corrected chi connectivity index (χ2v) is 4.41. The van der Waals surface area contributed by atoms with Gasteiger partial charge in [-0.3, -0.25) is 4.57 Å². The Morgan fingerprint density at radius 2 is 2.31 bits per heavy atom. The van der Waals surface area contributed by atoms with Crippen LogP contribution in [-0.4, -0.2) is 31.2 Å². The minimum Gasteiger partial charge on any atom is -0.390 e. The molecular weight excluding hydrogens is 190 g/mol. The number of nitrogens with zero attached hydrogens (tertiary/aromatic N) is 2. The molecule has 2 N–H and O–H groups in total. The van der Waals surface area contributed by atoms with E-state index in [4.69, 9.17) is 0 Å². The predicted octanol–water partition coefficient (Wildman–Crippen LogP) is -0.0286. The van der Waals surface area contributed by atoms with Crippen molar-refractivity contribution in [2.75, 3.05) is 5.75 Å². The number of nitrogens with one attached hydrogen (secondary N) is 1. The van der Waals surface area contributed by atoms with Crippen molar-refractivity contribution < 1.29 is 5.11 Å². The van der Waals surface area contributed by atoms with Crippen molar-refractivity contribution >= 4 is 11.8 Å². The highest BCUT2D eigenvalue weighted by Gasteiger charge is 2.15. The first-order valence-electron chi connectivity index (χ1n) is 3.87. The number of hydrogen-bond acceptors (Lipinski definition) is 4. The lowest BCUT2D eigenvalue weighted by Crippen LogP contribution is -2.22. The molecule has 0 fully saturated rings. The van der Waals surface area contributed by atoms with Gasteiger partial charge in [0.1, 0.15) is 0 Å². The highest BCUT2D eigenvalue weighted by Crippen LogP contribution is 2.18. The maximum absolute atomic E-state index is 10.9. The lowest BCUT2D eigenvalue weighted by molar-refractivity contribution is 0.107. The molecule has 0 aliphatic carbocycles. The van der Waals surface area contributed by atoms with Gasteiger partial charge in [-0.05, 0) is 13.8 Å². The molecule has 0 unspecified atom stereocenters. The lowest BCUT2D eigenvalue weighted by Gasteiger charge is -2.14. The van der Waals surface area contributed by atoms with Gasteiger partial charge in [0, 0.05) is 12.8 Å². The van der Waals surface area contributed by atoms with Crippen molar-refractivity contribution in [1.82, 2.24) is 14.8 Å². The van der Waals surface area contributed by atoms with E-state index in [-0.39, 0.29) is 5.69 Å². The van der Waals surface area contributed by atoms with Crippen LogP contribution in [0.25, 0.3) is 0 Å². The summed E-state index contributed by atoms with van der Waals surface area (Å²) in [5.74, 6) is 0.505. The van der Waals surface area contributed by atoms with Gasteiger partial charge in [0.15, 0.2) is 5.16 Å². The van der Waals surface area contributed by atoms with Crippen LogP contribution in [0.15, 0.2) is 9.95 Å². The van der Waals surface area contributed by atoms with Crippen LogP contribution >= 0.6 is 11.8 Å². The van der Waals surface area contributed by atoms with E-state index in [0.717, 1.165) is 0 Å². The zero-order valence-corrected chi connectivity index (χ0v) is 8.68. The number of aromatic nitrogens is 3. The van der Waals surface area contributed by atoms with E-state index in [1.165, 1.54) is 16.3 Å². The molecule has 0 aromatic carbocycles. The van der Waals surface area contributed by atoms with E-state index in [9.17, 15) is 9.90 Å². The maximum Gasteiger partial charge on any atom is 0.343 e. The first kappa shape index (κ1) is 10.3. The van der Waals surface area contributed by atoms with Crippen LogP contribution in [0, 0.1) is 0 Å². The number of thioether (sulfide) groups is 1. The van der Waals surface area contributed by atoms with Crippen molar-refractivity contribution in [3.05, 3.63) is 10.5 Å². The molecule has 1 aromatic heterocycles. The van der Waals surface area contributed by atoms with E-state index in [1.807, 2.05) is 0 Å². The summed E-state index contributed by atoms with van der Waals surface area (Å²) in [6.07, 6.45) is 0. The van der Waals surface area contributed by atoms with Crippen molar-refractivity contribution in [2.45, 2.75) is 24.6 Å². The summed E-state index contributed by atoms with van der Waals surface area (Å²) in [4.78, 5) is 10.9. The Labute approximate surface area is 80.2 Å². The average Bonchev–Trinajstić information content (AvgIpc) is 2.29. The van der Waals surface area contributed by atoms with Crippen LogP contribution in [0.3, 0.4) is 0 Å². The summed E-state index contributed by atoms with van der Waals surface area (Å²) < 4.78 is 1.41. The van der Waals surface area contributed by atoms with Gasteiger partial charge in [-0.2, -0.15) is 0 Å². The fraction of sp³-hybridized carbons (Fsp3) is 0.714. The molecular formula is C7H13N3O2S. The SMILES string of the molecule is Cn1c(SCC(C)(C)O)n[nH]c1=O. The minimum atomic E-state index is -0.750. The number of aromatic amines is 1. The smallest absolute Gasteiger partial charge is 0.343 e. The average molecular weight is 203 g/mol. The molecule has 13 heavy (non-hydrogen) atoms. The van der Waals surface area contributed by atoms with E-state index in [0.29, 0.717) is 10.9 Å². The molecule has 5 nitrogen and oxygen atoms in total. The van der Waals surface area contributed by atoms with Gasteiger partial charge >= 0.3 is 5.69 Å². The monoisotopic (exact) mass is 203 g/mol. The molecule has 0 aliphatic rings. The van der Waals surface area contributed by atoms with Crippen molar-refractivity contribution in [2.24, 2.45) is 7.05 Å². The molecule has 1 rings (SSSR count). The van der Waals surface area contributed by atoms with Crippen molar-refractivity contribution in [3.8, 4) is 0 Å². The van der Waals surface area contributed by atoms with Crippen molar-refractivity contribution in [1.29, 1.82) is 0 Å². The summed E-state index contributed by atoms with van der Waals surface area (Å²) >= 11 is 1.35. The van der Waals surface area contributed by atoms with E-state index >= 15 is 0 Å². The number of aliphatic hydroxyl groups is 1. The van der Waals surface area contributed by atoms with Gasteiger partial charge in [0.25, 0.3) is 0 Å². The van der Waals surface area contributed by atoms with Crippen LogP contribution in [0.4, 0.5) is 0 Å². The first-order valence-corrected chi connectivity index (χ1v) is 4.85. The molecule has 74 valence electrons. The maximum atomic E-state index is 10.9. The minimum absolute atomic E-state index is 0.238. The molecule has 6 heteroatoms. The zero-order chi connectivity index (χ0) is 10.1. The summed E-state index contributed by atoms with van der Waals surface area (Å²) in [7, 11) is 1.64. The Bertz CT molecular complexity index is 336. The highest BCUT2D eigenvalue weighted by atomic mass is 32.2. The molecule has 0 saturated heterocycles. The van der Waals surface area contributed by atoms with E-state index in [1.54, 1.807) is 20.9 Å². The van der Waals surface area contributed by atoms with Crippen LogP contribution in [0.1, 0.15) is 13.8 Å². The predicted molar refractivity (Wildman–Crippen MR) is 50.9 cm³/mol. The Morgan fingerprint density at radius 1 is 1.69 bits per heavy atom. The second kappa shape index (κ2) is 3.55. The second-order valence-electron chi connectivity index (χ2n) is 3.47. The summed E-state index contributed by atoms with van der Waals surface area (Å²) in [5.41, 5.74) is -0.988. The van der Waals surface area contributed by atoms with E-state index in [2.05, 4.69) is 10.2 Å². The zero-order valence-electron chi connectivity index (χ0n) is 7.87. The third-order valence-electron chi connectivity index (χ3n) is 1.39. The van der Waals surface area contributed by atoms with Gasteiger partial charge in [0.05, 0.1) is 5.60 Å². The molecule has 0 radical (unpaired) electrons. The van der Waals surface area contributed by atoms with Crippen molar-refractivity contribution in [3.63, 3.8) is 0 Å². The molecule has 0 bridgehead atoms. The van der Waals surface area contributed by atoms with Crippen LogP contribution in [-0.2, 0) is 7.05 Å². The molecule has 0 spiro atoms. The lowest BCUT2D eigenvalue weighted by atomic mass is 10.2. The summed E-state index contributed by atoms with van der Waals surface area (Å²) in [5, 5.41) is 16.1. The molecule has 0 saturated carbocycles. The topological polar surface area (TPSA) is 70.9 Å². The number of hydrogen-bond donors (Lipinski definition) is 2. The normalized spacial score (nSPS) is 12.0. The van der Waals surface area contributed by atoms with Gasteiger partial charge in [-0.25, -0.2) is 9.89 Å². The van der Waals surface area contributed by atoms with Gasteiger partial charge in [-0.1, -0.05) is 11.8 Å². The molecule has 1 aromatic rings. The Morgan fingerprint density at radius 3 is 2.69 bits per heavy atom. The third-order valence-corrected chi connectivity index (χ3v) is 2.87. The first-order chi connectivity index (χ1) is 5.90. The summed E-state index contributed by atoms with van der Waals surface area (Å²) in [6.45, 7) is 3.43. The van der Waals surface area contributed by atoms with Crippen LogP contribution in [0.5, 0.6) is 0 Å². The van der Waals surface area contributed by atoms with Crippen LogP contribution < -0.4 is 5.69 Å². The van der Waals surface area contributed by atoms with Gasteiger partial charge in [-0.15, -0.1) is 5.10 Å². The fourth-order valence-corrected chi connectivity index (χ4v) is 1.57. The number of rotatable bonds is 3. The molecule has 1 heterocycles. The summed E-state index contributed by atoms with van der Waals surface area (Å²) in [6, 6.07) is 0. The highest BCUT2D eigenvalue weighted by molar-refractivity contribution is 7.99. The van der Waals surface area contributed by atoms with Gasteiger partial charge in [0.2, 0.25) is 0 Å². The Hall–Kier alpha value is -0.750. The number of H-pyrrole nitrogens is 1. The Kier molecular flexibility index (Phi) is 2.82. The standard InChI is InChI=1S/C7H13N3O2S/c1-7(2,12)4-13-6-9-8-5(11)10(6)3/h12H,4H2,1-3H3,(H,8,11). The van der Waals surface area contributed by atoms with Crippen LogP contribution in [0.2, 0.25) is 0 Å².